The van der Waals surface area contributed by atoms with Crippen LogP contribution in [0.15, 0.2) is 12.5 Å². The number of imidazole rings is 1. The number of nitrogens with one attached hydrogen (secondary N) is 1. The van der Waals surface area contributed by atoms with Crippen LogP contribution in [0, 0.1) is 5.92 Å². The van der Waals surface area contributed by atoms with E-state index in [0.717, 1.165) is 39.3 Å². The molecule has 1 N–H and O–H groups in total. The number of H-pyrrole nitrogens is 1. The second kappa shape index (κ2) is 6.24. The molecule has 5 nitrogen and oxygen atoms in total. The maximum absolute atomic E-state index is 6.22. The fourth-order valence-corrected chi connectivity index (χ4v) is 3.63. The zero-order chi connectivity index (χ0) is 13.8. The summed E-state index contributed by atoms with van der Waals surface area (Å²) in [6.07, 6.45) is 8.41. The Labute approximate surface area is 120 Å². The van der Waals surface area contributed by atoms with Gasteiger partial charge in [-0.2, -0.15) is 0 Å². The second-order valence-corrected chi connectivity index (χ2v) is 6.24. The molecule has 1 spiro atoms. The van der Waals surface area contributed by atoms with Crippen molar-refractivity contribution in [1.29, 1.82) is 0 Å². The number of rotatable bonds is 5. The average molecular weight is 279 g/mol. The summed E-state index contributed by atoms with van der Waals surface area (Å²) in [5.74, 6) is 0.669. The summed E-state index contributed by atoms with van der Waals surface area (Å²) in [6, 6.07) is 0. The molecule has 0 saturated carbocycles. The van der Waals surface area contributed by atoms with Gasteiger partial charge in [-0.1, -0.05) is 0 Å². The number of piperidine rings is 1. The molecule has 0 aromatic carbocycles. The predicted octanol–water partition coefficient (Wildman–Crippen LogP) is 1.82. The Bertz CT molecular complexity index is 409. The topological polar surface area (TPSA) is 50.4 Å². The number of aromatic amines is 1. The molecule has 0 unspecified atom stereocenters. The highest BCUT2D eigenvalue weighted by atomic mass is 16.5. The molecule has 0 radical (unpaired) electrons. The van der Waals surface area contributed by atoms with E-state index in [-0.39, 0.29) is 5.60 Å². The Morgan fingerprint density at radius 1 is 1.60 bits per heavy atom. The van der Waals surface area contributed by atoms with Crippen molar-refractivity contribution in [2.75, 3.05) is 33.4 Å². The van der Waals surface area contributed by atoms with E-state index >= 15 is 0 Å². The van der Waals surface area contributed by atoms with Crippen LogP contribution in [0.5, 0.6) is 0 Å². The first-order valence-corrected chi connectivity index (χ1v) is 7.62. The van der Waals surface area contributed by atoms with Crippen LogP contribution in [0.1, 0.15) is 31.4 Å². The molecule has 0 bridgehead atoms. The van der Waals surface area contributed by atoms with Crippen LogP contribution in [-0.2, 0) is 16.0 Å². The van der Waals surface area contributed by atoms with Crippen molar-refractivity contribution in [3.8, 4) is 0 Å². The van der Waals surface area contributed by atoms with Gasteiger partial charge in [0.05, 0.1) is 18.5 Å². The van der Waals surface area contributed by atoms with Gasteiger partial charge in [-0.3, -0.25) is 4.90 Å². The fourth-order valence-electron chi connectivity index (χ4n) is 3.63. The predicted molar refractivity (Wildman–Crippen MR) is 76.4 cm³/mol. The van der Waals surface area contributed by atoms with Crippen LogP contribution in [0.3, 0.4) is 0 Å². The van der Waals surface area contributed by atoms with Gasteiger partial charge in [0.1, 0.15) is 0 Å². The Hall–Kier alpha value is -0.910. The van der Waals surface area contributed by atoms with Gasteiger partial charge in [0.2, 0.25) is 0 Å². The first-order valence-electron chi connectivity index (χ1n) is 7.62. The van der Waals surface area contributed by atoms with Gasteiger partial charge in [0.25, 0.3) is 0 Å². The van der Waals surface area contributed by atoms with Gasteiger partial charge in [-0.05, 0) is 38.1 Å². The molecule has 2 aliphatic rings. The van der Waals surface area contributed by atoms with E-state index in [1.165, 1.54) is 25.0 Å². The maximum Gasteiger partial charge on any atom is 0.0922 e. The van der Waals surface area contributed by atoms with Crippen LogP contribution in [0.4, 0.5) is 0 Å². The van der Waals surface area contributed by atoms with Crippen molar-refractivity contribution in [1.82, 2.24) is 14.9 Å². The van der Waals surface area contributed by atoms with Crippen LogP contribution in [0.2, 0.25) is 0 Å². The van der Waals surface area contributed by atoms with Crippen LogP contribution >= 0.6 is 0 Å². The van der Waals surface area contributed by atoms with Crippen molar-refractivity contribution >= 4 is 0 Å². The molecule has 2 aliphatic heterocycles. The monoisotopic (exact) mass is 279 g/mol. The minimum absolute atomic E-state index is 0.0939. The summed E-state index contributed by atoms with van der Waals surface area (Å²) in [7, 11) is 1.78. The molecule has 2 fully saturated rings. The number of methoxy groups -OCH3 is 1. The van der Waals surface area contributed by atoms with Crippen LogP contribution < -0.4 is 0 Å². The number of nitrogens with zero attached hydrogens (tertiary/aromatic N) is 2. The minimum atomic E-state index is 0.0939. The second-order valence-electron chi connectivity index (χ2n) is 6.24. The lowest BCUT2D eigenvalue weighted by atomic mass is 9.85. The Morgan fingerprint density at radius 2 is 2.55 bits per heavy atom. The van der Waals surface area contributed by atoms with Gasteiger partial charge in [0, 0.05) is 38.7 Å². The van der Waals surface area contributed by atoms with Gasteiger partial charge < -0.3 is 14.5 Å². The Kier molecular flexibility index (Phi) is 4.38. The van der Waals surface area contributed by atoms with Crippen molar-refractivity contribution in [2.24, 2.45) is 5.92 Å². The SMILES string of the molecule is COCC[C@@H]1CO[C@@]2(CCCN(Cc3cnc[nH]3)C2)C1. The molecule has 0 amide bonds. The van der Waals surface area contributed by atoms with Gasteiger partial charge in [-0.15, -0.1) is 0 Å². The van der Waals surface area contributed by atoms with E-state index in [9.17, 15) is 0 Å². The normalized spacial score (nSPS) is 31.1. The van der Waals surface area contributed by atoms with E-state index in [0.29, 0.717) is 5.92 Å². The summed E-state index contributed by atoms with van der Waals surface area (Å²) in [4.78, 5) is 9.78. The number of likely N-dealkylation sites (tertiary alicyclic amines) is 1. The number of ether oxygens (including phenoxy) is 2. The molecule has 1 aromatic rings. The average Bonchev–Trinajstić information content (AvgIpc) is 3.07. The van der Waals surface area contributed by atoms with Crippen LogP contribution in [0.25, 0.3) is 0 Å². The highest BCUT2D eigenvalue weighted by Gasteiger charge is 2.43. The first kappa shape index (κ1) is 14.0. The largest absolute Gasteiger partial charge is 0.385 e. The van der Waals surface area contributed by atoms with Crippen molar-refractivity contribution in [3.05, 3.63) is 18.2 Å². The Balaban J connectivity index is 1.55. The maximum atomic E-state index is 6.22. The Morgan fingerprint density at radius 3 is 3.35 bits per heavy atom. The molecular weight excluding hydrogens is 254 g/mol. The third-order valence-corrected chi connectivity index (χ3v) is 4.58. The lowest BCUT2D eigenvalue weighted by Crippen LogP contribution is -2.47. The summed E-state index contributed by atoms with van der Waals surface area (Å²) in [5.41, 5.74) is 1.28. The molecule has 5 heteroatoms. The van der Waals surface area contributed by atoms with Gasteiger partial charge in [0.15, 0.2) is 0 Å². The number of hydrogen-bond donors (Lipinski definition) is 1. The van der Waals surface area contributed by atoms with E-state index < -0.39 is 0 Å². The third kappa shape index (κ3) is 3.22. The lowest BCUT2D eigenvalue weighted by molar-refractivity contribution is -0.0538. The van der Waals surface area contributed by atoms with E-state index in [4.69, 9.17) is 9.47 Å². The minimum Gasteiger partial charge on any atom is -0.385 e. The lowest BCUT2D eigenvalue weighted by Gasteiger charge is -2.39. The van der Waals surface area contributed by atoms with Gasteiger partial charge >= 0.3 is 0 Å². The van der Waals surface area contributed by atoms with Crippen molar-refractivity contribution in [2.45, 2.75) is 37.8 Å². The first-order chi connectivity index (χ1) is 9.80. The summed E-state index contributed by atoms with van der Waals surface area (Å²) < 4.78 is 11.4. The molecular formula is C15H25N3O2. The molecule has 112 valence electrons. The van der Waals surface area contributed by atoms with Crippen molar-refractivity contribution in [3.63, 3.8) is 0 Å². The summed E-state index contributed by atoms with van der Waals surface area (Å²) in [5, 5.41) is 0. The zero-order valence-corrected chi connectivity index (χ0v) is 12.3. The molecule has 1 aromatic heterocycles. The smallest absolute Gasteiger partial charge is 0.0922 e. The number of hydrogen-bond acceptors (Lipinski definition) is 4. The fraction of sp³-hybridized carbons (Fsp3) is 0.800. The van der Waals surface area contributed by atoms with E-state index in [1.807, 2.05) is 6.20 Å². The van der Waals surface area contributed by atoms with Crippen LogP contribution in [-0.4, -0.2) is 53.9 Å². The molecule has 3 rings (SSSR count). The molecule has 20 heavy (non-hydrogen) atoms. The molecule has 2 atom stereocenters. The van der Waals surface area contributed by atoms with E-state index in [2.05, 4.69) is 14.9 Å². The van der Waals surface area contributed by atoms with Gasteiger partial charge in [-0.25, -0.2) is 4.98 Å². The molecule has 2 saturated heterocycles. The standard InChI is InChI=1S/C15H25N3O2/c1-19-6-3-13-7-15(20-10-13)4-2-5-18(11-15)9-14-8-16-12-17-14/h8,12-13H,2-7,9-11H2,1H3,(H,16,17)/t13-,15-/m0/s1. The highest BCUT2D eigenvalue weighted by molar-refractivity contribution is 4.99. The van der Waals surface area contributed by atoms with Crippen molar-refractivity contribution < 1.29 is 9.47 Å². The molecule has 0 aliphatic carbocycles. The molecule has 3 heterocycles. The highest BCUT2D eigenvalue weighted by Crippen LogP contribution is 2.38. The third-order valence-electron chi connectivity index (χ3n) is 4.58. The summed E-state index contributed by atoms with van der Waals surface area (Å²) in [6.45, 7) is 4.92. The number of aromatic nitrogens is 2. The van der Waals surface area contributed by atoms with E-state index in [1.54, 1.807) is 13.4 Å². The summed E-state index contributed by atoms with van der Waals surface area (Å²) >= 11 is 0. The quantitative estimate of drug-likeness (QED) is 0.893. The zero-order valence-electron chi connectivity index (χ0n) is 12.3.